The van der Waals surface area contributed by atoms with Crippen LogP contribution in [0.2, 0.25) is 5.02 Å². The zero-order chi connectivity index (χ0) is 36.3. The Morgan fingerprint density at radius 1 is 0.939 bits per heavy atom. The summed E-state index contributed by atoms with van der Waals surface area (Å²) in [4.78, 5) is 87.9. The summed E-state index contributed by atoms with van der Waals surface area (Å²) in [6.07, 6.45) is -7.41. The van der Waals surface area contributed by atoms with E-state index in [4.69, 9.17) is 49.5 Å². The molecule has 0 aromatic heterocycles. The van der Waals surface area contributed by atoms with Crippen LogP contribution >= 0.6 is 11.6 Å². The first kappa shape index (κ1) is 39.1. The van der Waals surface area contributed by atoms with Crippen molar-refractivity contribution in [2.45, 2.75) is 82.9 Å². The Kier molecular flexibility index (Phi) is 14.3. The number of carbonyl (C=O) groups excluding carboxylic acids is 7. The molecule has 18 heteroatoms. The molecule has 2 fully saturated rings. The number of carbonyl (C=O) groups is 7. The third-order valence-electron chi connectivity index (χ3n) is 7.09. The van der Waals surface area contributed by atoms with Crippen LogP contribution in [0.5, 0.6) is 0 Å². The largest absolute Gasteiger partial charge is 0.465 e. The van der Waals surface area contributed by atoms with Crippen LogP contribution in [-0.2, 0) is 77.9 Å². The standard InChI is InChI=1S/C31H39ClN2O15/c1-16(35)43-15-26(40)34-27-23(46-17(2)36)11-31(30(41)42-5,45-14-22-13-44-22)49-29(27)28(48-19(4)38)24(47-18(3)37)12-33-25(39)10-20-6-8-21(32)9-7-20/h6-9,22-24,27-29H,10-15H2,1-5H3,(H,33,39)(H,34,40)/t22?,23-,24+,27+,28+,29+,31+/m0/s1. The number of benzene rings is 1. The molecular weight excluding hydrogens is 676 g/mol. The molecule has 0 spiro atoms. The van der Waals surface area contributed by atoms with E-state index in [9.17, 15) is 33.6 Å². The third kappa shape index (κ3) is 12.3. The van der Waals surface area contributed by atoms with Gasteiger partial charge in [0.2, 0.25) is 5.91 Å². The molecule has 2 aliphatic rings. The van der Waals surface area contributed by atoms with Crippen LogP contribution in [0.1, 0.15) is 39.7 Å². The molecule has 2 N–H and O–H groups in total. The van der Waals surface area contributed by atoms with Gasteiger partial charge in [-0.1, -0.05) is 23.7 Å². The Labute approximate surface area is 286 Å². The van der Waals surface area contributed by atoms with Gasteiger partial charge >= 0.3 is 29.8 Å². The number of methoxy groups -OCH3 is 1. The lowest BCUT2D eigenvalue weighted by atomic mass is 9.87. The van der Waals surface area contributed by atoms with Gasteiger partial charge in [-0.05, 0) is 17.7 Å². The predicted molar refractivity (Wildman–Crippen MR) is 163 cm³/mol. The Balaban J connectivity index is 2.07. The predicted octanol–water partition coefficient (Wildman–Crippen LogP) is -0.0847. The fourth-order valence-electron chi connectivity index (χ4n) is 4.99. The van der Waals surface area contributed by atoms with Crippen LogP contribution in [0.25, 0.3) is 0 Å². The summed E-state index contributed by atoms with van der Waals surface area (Å²) in [5.74, 6) is -8.24. The van der Waals surface area contributed by atoms with Crippen LogP contribution in [0.3, 0.4) is 0 Å². The molecule has 2 amide bonds. The minimum atomic E-state index is -2.33. The van der Waals surface area contributed by atoms with E-state index < -0.39 is 104 Å². The molecule has 0 radical (unpaired) electrons. The van der Waals surface area contributed by atoms with Crippen molar-refractivity contribution in [3.05, 3.63) is 34.9 Å². The zero-order valence-electron chi connectivity index (χ0n) is 27.5. The van der Waals surface area contributed by atoms with Crippen molar-refractivity contribution < 1.29 is 71.5 Å². The molecule has 1 aromatic carbocycles. The lowest BCUT2D eigenvalue weighted by molar-refractivity contribution is -0.314. The second-order valence-electron chi connectivity index (χ2n) is 11.1. The van der Waals surface area contributed by atoms with Crippen LogP contribution < -0.4 is 10.6 Å². The summed E-state index contributed by atoms with van der Waals surface area (Å²) >= 11 is 5.93. The van der Waals surface area contributed by atoms with Gasteiger partial charge in [-0.3, -0.25) is 28.8 Å². The van der Waals surface area contributed by atoms with Gasteiger partial charge < -0.3 is 48.5 Å². The van der Waals surface area contributed by atoms with E-state index in [1.165, 1.54) is 0 Å². The Morgan fingerprint density at radius 2 is 1.59 bits per heavy atom. The molecule has 7 atom stereocenters. The number of hydrogen-bond donors (Lipinski definition) is 2. The van der Waals surface area contributed by atoms with Crippen molar-refractivity contribution in [2.75, 3.05) is 33.5 Å². The number of rotatable bonds is 16. The maximum atomic E-state index is 13.4. The molecule has 2 heterocycles. The molecule has 0 bridgehead atoms. The smallest absolute Gasteiger partial charge is 0.366 e. The fraction of sp³-hybridized carbons (Fsp3) is 0.581. The van der Waals surface area contributed by atoms with Crippen molar-refractivity contribution in [1.29, 1.82) is 0 Å². The maximum Gasteiger partial charge on any atom is 0.366 e. The lowest BCUT2D eigenvalue weighted by Gasteiger charge is -2.48. The molecule has 0 aliphatic carbocycles. The van der Waals surface area contributed by atoms with Gasteiger partial charge in [0, 0.05) is 32.7 Å². The molecule has 49 heavy (non-hydrogen) atoms. The van der Waals surface area contributed by atoms with Gasteiger partial charge in [0.15, 0.2) is 18.8 Å². The number of esters is 5. The highest BCUT2D eigenvalue weighted by Crippen LogP contribution is 2.37. The number of halogens is 1. The molecule has 17 nitrogen and oxygen atoms in total. The molecule has 2 aliphatic heterocycles. The van der Waals surface area contributed by atoms with Gasteiger partial charge in [-0.15, -0.1) is 0 Å². The minimum absolute atomic E-state index is 0.103. The van der Waals surface area contributed by atoms with Crippen LogP contribution in [0, 0.1) is 0 Å². The number of hydrogen-bond acceptors (Lipinski definition) is 15. The van der Waals surface area contributed by atoms with E-state index in [2.05, 4.69) is 10.6 Å². The van der Waals surface area contributed by atoms with Gasteiger partial charge in [0.05, 0.1) is 45.8 Å². The van der Waals surface area contributed by atoms with E-state index in [1.54, 1.807) is 24.3 Å². The first-order chi connectivity index (χ1) is 23.1. The normalized spacial score (nSPS) is 23.9. The van der Waals surface area contributed by atoms with Crippen LogP contribution in [0.4, 0.5) is 0 Å². The average Bonchev–Trinajstić information content (AvgIpc) is 3.86. The van der Waals surface area contributed by atoms with Gasteiger partial charge in [-0.25, -0.2) is 4.79 Å². The summed E-state index contributed by atoms with van der Waals surface area (Å²) in [5.41, 5.74) is 0.609. The highest BCUT2D eigenvalue weighted by atomic mass is 35.5. The summed E-state index contributed by atoms with van der Waals surface area (Å²) in [6.45, 7) is 3.16. The molecule has 1 unspecified atom stereocenters. The molecule has 1 aromatic rings. The van der Waals surface area contributed by atoms with Gasteiger partial charge in [-0.2, -0.15) is 0 Å². The third-order valence-corrected chi connectivity index (χ3v) is 7.34. The lowest BCUT2D eigenvalue weighted by Crippen LogP contribution is -2.70. The van der Waals surface area contributed by atoms with E-state index >= 15 is 0 Å². The minimum Gasteiger partial charge on any atom is -0.465 e. The Hall–Kier alpha value is -4.32. The maximum absolute atomic E-state index is 13.4. The number of nitrogens with one attached hydrogen (secondary N) is 2. The Morgan fingerprint density at radius 3 is 2.14 bits per heavy atom. The first-order valence-corrected chi connectivity index (χ1v) is 15.5. The monoisotopic (exact) mass is 714 g/mol. The van der Waals surface area contributed by atoms with E-state index in [-0.39, 0.29) is 13.0 Å². The topological polar surface area (TPSA) is 221 Å². The highest BCUT2D eigenvalue weighted by Gasteiger charge is 2.59. The van der Waals surface area contributed by atoms with Crippen molar-refractivity contribution in [2.24, 2.45) is 0 Å². The molecule has 0 saturated carbocycles. The quantitative estimate of drug-likeness (QED) is 0.130. The van der Waals surface area contributed by atoms with Crippen molar-refractivity contribution >= 4 is 53.3 Å². The van der Waals surface area contributed by atoms with Crippen molar-refractivity contribution in [3.63, 3.8) is 0 Å². The molecule has 2 saturated heterocycles. The molecule has 270 valence electrons. The molecular formula is C31H39ClN2O15. The van der Waals surface area contributed by atoms with Gasteiger partial charge in [0.25, 0.3) is 11.7 Å². The first-order valence-electron chi connectivity index (χ1n) is 15.1. The van der Waals surface area contributed by atoms with Crippen molar-refractivity contribution in [3.8, 4) is 0 Å². The summed E-state index contributed by atoms with van der Waals surface area (Å²) in [7, 11) is 1.05. The number of epoxide rings is 1. The number of amides is 2. The summed E-state index contributed by atoms with van der Waals surface area (Å²) in [6, 6.07) is 5.02. The van der Waals surface area contributed by atoms with Crippen LogP contribution in [0.15, 0.2) is 24.3 Å². The number of ether oxygens (including phenoxy) is 8. The highest BCUT2D eigenvalue weighted by molar-refractivity contribution is 6.30. The van der Waals surface area contributed by atoms with Gasteiger partial charge in [0.1, 0.15) is 18.3 Å². The van der Waals surface area contributed by atoms with E-state index in [1.807, 2.05) is 0 Å². The second-order valence-corrected chi connectivity index (χ2v) is 11.6. The van der Waals surface area contributed by atoms with Crippen LogP contribution in [-0.4, -0.2) is 117 Å². The molecule has 3 rings (SSSR count). The average molecular weight is 715 g/mol. The summed E-state index contributed by atoms with van der Waals surface area (Å²) in [5, 5.41) is 5.61. The second kappa shape index (κ2) is 17.9. The Bertz CT molecular complexity index is 1390. The summed E-state index contributed by atoms with van der Waals surface area (Å²) < 4.78 is 43.7. The SMILES string of the molecule is COC(=O)[C@@]1(OCC2CO2)C[C@H](OC(C)=O)[C@@H](NC(=O)COC(C)=O)[C@H]([C@H](OC(C)=O)[C@@H](CNC(=O)Cc2ccc(Cl)cc2)OC(C)=O)O1. The van der Waals surface area contributed by atoms with Crippen molar-refractivity contribution in [1.82, 2.24) is 10.6 Å². The zero-order valence-corrected chi connectivity index (χ0v) is 28.3. The van der Waals surface area contributed by atoms with E-state index in [0.29, 0.717) is 17.2 Å². The van der Waals surface area contributed by atoms with E-state index in [0.717, 1.165) is 34.8 Å². The fourth-order valence-corrected chi connectivity index (χ4v) is 5.12.